The second-order valence-corrected chi connectivity index (χ2v) is 6.92. The van der Waals surface area contributed by atoms with Crippen LogP contribution in [0, 0.1) is 6.92 Å². The number of hydrazone groups is 1. The number of hydrogen-bond acceptors (Lipinski definition) is 4. The summed E-state index contributed by atoms with van der Waals surface area (Å²) in [6, 6.07) is 17.8. The van der Waals surface area contributed by atoms with Crippen molar-refractivity contribution in [3.8, 4) is 0 Å². The first kappa shape index (κ1) is 19.6. The molecule has 0 fully saturated rings. The second-order valence-electron chi connectivity index (χ2n) is 6.14. The summed E-state index contributed by atoms with van der Waals surface area (Å²) in [5, 5.41) is 6.96. The Morgan fingerprint density at radius 1 is 0.964 bits per heavy atom. The van der Waals surface area contributed by atoms with Crippen LogP contribution in [0.25, 0.3) is 0 Å². The van der Waals surface area contributed by atoms with Gasteiger partial charge in [0.05, 0.1) is 5.71 Å². The monoisotopic (exact) mass is 439 g/mol. The molecule has 0 aliphatic rings. The van der Waals surface area contributed by atoms with Gasteiger partial charge in [0.2, 0.25) is 0 Å². The minimum Gasteiger partial charge on any atom is -0.444 e. The Hall–Kier alpha value is -3.19. The van der Waals surface area contributed by atoms with Crippen molar-refractivity contribution in [2.75, 3.05) is 5.32 Å². The Bertz CT molecular complexity index is 1040. The first-order valence-corrected chi connectivity index (χ1v) is 9.30. The summed E-state index contributed by atoms with van der Waals surface area (Å²) < 4.78 is 5.65. The van der Waals surface area contributed by atoms with Crippen LogP contribution in [0.15, 0.2) is 74.9 Å². The van der Waals surface area contributed by atoms with Crippen molar-refractivity contribution in [1.29, 1.82) is 0 Å². The molecule has 3 rings (SSSR count). The summed E-state index contributed by atoms with van der Waals surface area (Å²) in [4.78, 5) is 24.4. The molecule has 28 heavy (non-hydrogen) atoms. The third-order valence-corrected chi connectivity index (χ3v) is 4.40. The zero-order chi connectivity index (χ0) is 20.1. The number of hydrogen-bond donors (Lipinski definition) is 2. The molecule has 142 valence electrons. The first-order chi connectivity index (χ1) is 13.4. The Labute approximate surface area is 170 Å². The Morgan fingerprint density at radius 3 is 2.39 bits per heavy atom. The van der Waals surface area contributed by atoms with Gasteiger partial charge in [0.25, 0.3) is 5.91 Å². The van der Waals surface area contributed by atoms with Gasteiger partial charge in [-0.3, -0.25) is 9.59 Å². The predicted octanol–water partition coefficient (Wildman–Crippen LogP) is 4.76. The highest BCUT2D eigenvalue weighted by Crippen LogP contribution is 2.15. The number of nitrogens with one attached hydrogen (secondary N) is 2. The molecule has 0 spiro atoms. The van der Waals surface area contributed by atoms with Crippen LogP contribution in [-0.2, 0) is 0 Å². The lowest BCUT2D eigenvalue weighted by molar-refractivity contribution is 0.0925. The fraction of sp³-hybridized carbons (Fsp3) is 0.0952. The van der Waals surface area contributed by atoms with E-state index in [4.69, 9.17) is 4.42 Å². The molecule has 2 N–H and O–H groups in total. The maximum absolute atomic E-state index is 12.4. The average molecular weight is 440 g/mol. The molecular weight excluding hydrogens is 422 g/mol. The van der Waals surface area contributed by atoms with Gasteiger partial charge in [0, 0.05) is 11.3 Å². The number of furan rings is 1. The smallest absolute Gasteiger partial charge is 0.307 e. The van der Waals surface area contributed by atoms with Crippen LogP contribution in [0.2, 0.25) is 0 Å². The number of nitrogens with zero attached hydrogens (tertiary/aromatic N) is 1. The van der Waals surface area contributed by atoms with E-state index < -0.39 is 5.91 Å². The largest absolute Gasteiger partial charge is 0.444 e. The molecule has 1 heterocycles. The van der Waals surface area contributed by atoms with Gasteiger partial charge in [-0.1, -0.05) is 29.8 Å². The van der Waals surface area contributed by atoms with Crippen molar-refractivity contribution < 1.29 is 14.0 Å². The summed E-state index contributed by atoms with van der Waals surface area (Å²) in [6.45, 7) is 3.73. The highest BCUT2D eigenvalue weighted by atomic mass is 79.9. The Morgan fingerprint density at radius 2 is 1.71 bits per heavy atom. The van der Waals surface area contributed by atoms with Crippen molar-refractivity contribution in [3.05, 3.63) is 87.8 Å². The number of amides is 2. The number of anilines is 1. The van der Waals surface area contributed by atoms with E-state index in [-0.39, 0.29) is 11.7 Å². The first-order valence-electron chi connectivity index (χ1n) is 8.51. The van der Waals surface area contributed by atoms with Crippen molar-refractivity contribution >= 4 is 39.1 Å². The number of carbonyl (C=O) groups excluding carboxylic acids is 2. The minimum atomic E-state index is -0.450. The van der Waals surface area contributed by atoms with Crippen LogP contribution < -0.4 is 10.7 Å². The van der Waals surface area contributed by atoms with Crippen LogP contribution in [0.1, 0.15) is 39.0 Å². The normalized spacial score (nSPS) is 11.2. The molecule has 6 nitrogen and oxygen atoms in total. The van der Waals surface area contributed by atoms with E-state index in [9.17, 15) is 9.59 Å². The van der Waals surface area contributed by atoms with Gasteiger partial charge < -0.3 is 9.73 Å². The predicted molar refractivity (Wildman–Crippen MR) is 112 cm³/mol. The van der Waals surface area contributed by atoms with E-state index in [0.717, 1.165) is 11.1 Å². The molecule has 2 amide bonds. The van der Waals surface area contributed by atoms with Crippen molar-refractivity contribution in [2.24, 2.45) is 5.10 Å². The molecule has 0 radical (unpaired) electrons. The molecule has 0 saturated carbocycles. The summed E-state index contributed by atoms with van der Waals surface area (Å²) in [5.41, 5.74) is 6.12. The molecule has 0 unspecified atom stereocenters. The van der Waals surface area contributed by atoms with Gasteiger partial charge in [0.1, 0.15) is 0 Å². The van der Waals surface area contributed by atoms with Gasteiger partial charge in [-0.15, -0.1) is 0 Å². The molecule has 7 heteroatoms. The number of aryl methyl sites for hydroxylation is 1. The highest BCUT2D eigenvalue weighted by molar-refractivity contribution is 9.10. The number of rotatable bonds is 5. The van der Waals surface area contributed by atoms with E-state index >= 15 is 0 Å². The number of halogens is 1. The van der Waals surface area contributed by atoms with Crippen molar-refractivity contribution in [3.63, 3.8) is 0 Å². The van der Waals surface area contributed by atoms with Gasteiger partial charge in [-0.05, 0) is 71.7 Å². The second kappa shape index (κ2) is 8.67. The SMILES string of the molecule is C/C(=N\NC(=O)c1ccc(Br)o1)c1cccc(NC(=O)c2ccc(C)cc2)c1. The maximum Gasteiger partial charge on any atom is 0.307 e. The molecule has 0 bridgehead atoms. The van der Waals surface area contributed by atoms with E-state index in [2.05, 4.69) is 31.8 Å². The average Bonchev–Trinajstić information content (AvgIpc) is 3.13. The highest BCUT2D eigenvalue weighted by Gasteiger charge is 2.10. The van der Waals surface area contributed by atoms with Crippen LogP contribution in [0.4, 0.5) is 5.69 Å². The summed E-state index contributed by atoms with van der Waals surface area (Å²) in [5.74, 6) is -0.486. The van der Waals surface area contributed by atoms with E-state index in [0.29, 0.717) is 21.6 Å². The van der Waals surface area contributed by atoms with E-state index in [1.807, 2.05) is 31.2 Å². The lowest BCUT2D eigenvalue weighted by atomic mass is 10.1. The van der Waals surface area contributed by atoms with Gasteiger partial charge in [-0.25, -0.2) is 5.43 Å². The molecular formula is C21H18BrN3O3. The van der Waals surface area contributed by atoms with Gasteiger partial charge in [0.15, 0.2) is 10.4 Å². The number of carbonyl (C=O) groups is 2. The minimum absolute atomic E-state index is 0.155. The molecule has 2 aromatic carbocycles. The molecule has 3 aromatic rings. The van der Waals surface area contributed by atoms with Gasteiger partial charge >= 0.3 is 5.91 Å². The molecule has 0 saturated heterocycles. The zero-order valence-corrected chi connectivity index (χ0v) is 16.9. The molecule has 1 aromatic heterocycles. The van der Waals surface area contributed by atoms with Crippen LogP contribution in [0.5, 0.6) is 0 Å². The van der Waals surface area contributed by atoms with Crippen molar-refractivity contribution in [2.45, 2.75) is 13.8 Å². The lowest BCUT2D eigenvalue weighted by Crippen LogP contribution is -2.18. The van der Waals surface area contributed by atoms with Gasteiger partial charge in [-0.2, -0.15) is 5.10 Å². The Kier molecular flexibility index (Phi) is 6.06. The van der Waals surface area contributed by atoms with E-state index in [1.54, 1.807) is 43.3 Å². The van der Waals surface area contributed by atoms with E-state index in [1.165, 1.54) is 0 Å². The topological polar surface area (TPSA) is 83.7 Å². The summed E-state index contributed by atoms with van der Waals surface area (Å²) in [7, 11) is 0. The summed E-state index contributed by atoms with van der Waals surface area (Å²) in [6.07, 6.45) is 0. The maximum atomic E-state index is 12.4. The Balaban J connectivity index is 1.68. The molecule has 0 atom stereocenters. The van der Waals surface area contributed by atoms with Crippen LogP contribution in [-0.4, -0.2) is 17.5 Å². The molecule has 0 aliphatic carbocycles. The molecule has 0 aliphatic heterocycles. The number of benzene rings is 2. The summed E-state index contributed by atoms with van der Waals surface area (Å²) >= 11 is 3.15. The zero-order valence-electron chi connectivity index (χ0n) is 15.3. The fourth-order valence-electron chi connectivity index (χ4n) is 2.42. The fourth-order valence-corrected chi connectivity index (χ4v) is 2.73. The lowest BCUT2D eigenvalue weighted by Gasteiger charge is -2.08. The third kappa shape index (κ3) is 4.95. The third-order valence-electron chi connectivity index (χ3n) is 3.97. The van der Waals surface area contributed by atoms with Crippen molar-refractivity contribution in [1.82, 2.24) is 5.43 Å². The van der Waals surface area contributed by atoms with Crippen LogP contribution in [0.3, 0.4) is 0 Å². The van der Waals surface area contributed by atoms with Crippen LogP contribution >= 0.6 is 15.9 Å². The quantitative estimate of drug-likeness (QED) is 0.444. The standard InChI is InChI=1S/C21H18BrN3O3/c1-13-6-8-15(9-7-13)20(26)23-17-5-3-4-16(12-17)14(2)24-25-21(27)18-10-11-19(22)28-18/h3-12H,1-2H3,(H,23,26)(H,25,27)/b24-14+.